The third-order valence-corrected chi connectivity index (χ3v) is 3.50. The van der Waals surface area contributed by atoms with E-state index in [9.17, 15) is 4.79 Å². The van der Waals surface area contributed by atoms with Crippen molar-refractivity contribution in [3.8, 4) is 0 Å². The number of amides is 1. The fraction of sp³-hybridized carbons (Fsp3) is 0.909. The average Bonchev–Trinajstić information content (AvgIpc) is 2.82. The molecular weight excluding hydrogens is 192 g/mol. The molecule has 0 aromatic rings. The molecule has 15 heavy (non-hydrogen) atoms. The molecule has 4 heteroatoms. The first kappa shape index (κ1) is 10.9. The summed E-state index contributed by atoms with van der Waals surface area (Å²) in [6.07, 6.45) is 2.97. The van der Waals surface area contributed by atoms with Crippen molar-refractivity contribution in [2.45, 2.75) is 25.3 Å². The van der Waals surface area contributed by atoms with E-state index < -0.39 is 0 Å². The molecule has 1 N–H and O–H groups in total. The summed E-state index contributed by atoms with van der Waals surface area (Å²) in [5.41, 5.74) is 0. The van der Waals surface area contributed by atoms with E-state index in [0.29, 0.717) is 11.9 Å². The highest BCUT2D eigenvalue weighted by Gasteiger charge is 2.29. The lowest BCUT2D eigenvalue weighted by Crippen LogP contribution is -2.43. The van der Waals surface area contributed by atoms with Crippen molar-refractivity contribution in [1.29, 1.82) is 0 Å². The minimum absolute atomic E-state index is 0.206. The SMILES string of the molecule is CN(C(=O)C1CCNC1)C1CCOCC1. The fourth-order valence-corrected chi connectivity index (χ4v) is 2.41. The Kier molecular flexibility index (Phi) is 3.59. The number of hydrogen-bond acceptors (Lipinski definition) is 3. The van der Waals surface area contributed by atoms with Crippen molar-refractivity contribution < 1.29 is 9.53 Å². The van der Waals surface area contributed by atoms with E-state index in [1.165, 1.54) is 0 Å². The van der Waals surface area contributed by atoms with E-state index in [-0.39, 0.29) is 5.92 Å². The second-order valence-corrected chi connectivity index (χ2v) is 4.48. The van der Waals surface area contributed by atoms with E-state index >= 15 is 0 Å². The second-order valence-electron chi connectivity index (χ2n) is 4.48. The molecule has 1 amide bonds. The minimum atomic E-state index is 0.206. The monoisotopic (exact) mass is 212 g/mol. The molecule has 0 spiro atoms. The number of carbonyl (C=O) groups is 1. The van der Waals surface area contributed by atoms with Crippen LogP contribution in [0.3, 0.4) is 0 Å². The first-order chi connectivity index (χ1) is 7.29. The van der Waals surface area contributed by atoms with E-state index in [1.54, 1.807) is 0 Å². The van der Waals surface area contributed by atoms with Crippen molar-refractivity contribution in [3.63, 3.8) is 0 Å². The van der Waals surface area contributed by atoms with Crippen LogP contribution < -0.4 is 5.32 Å². The lowest BCUT2D eigenvalue weighted by atomic mass is 10.0. The molecular formula is C11H20N2O2. The van der Waals surface area contributed by atoms with Crippen LogP contribution in [-0.2, 0) is 9.53 Å². The van der Waals surface area contributed by atoms with Gasteiger partial charge in [0.25, 0.3) is 0 Å². The van der Waals surface area contributed by atoms with E-state index in [1.807, 2.05) is 11.9 Å². The number of nitrogens with zero attached hydrogens (tertiary/aromatic N) is 1. The molecule has 2 heterocycles. The van der Waals surface area contributed by atoms with Crippen LogP contribution in [0.2, 0.25) is 0 Å². The molecule has 0 aromatic heterocycles. The molecule has 0 aliphatic carbocycles. The molecule has 2 aliphatic heterocycles. The molecule has 0 bridgehead atoms. The summed E-state index contributed by atoms with van der Waals surface area (Å²) >= 11 is 0. The second kappa shape index (κ2) is 4.94. The molecule has 2 fully saturated rings. The van der Waals surface area contributed by atoms with Crippen LogP contribution in [0.15, 0.2) is 0 Å². The molecule has 0 radical (unpaired) electrons. The van der Waals surface area contributed by atoms with Crippen molar-refractivity contribution in [1.82, 2.24) is 10.2 Å². The van der Waals surface area contributed by atoms with E-state index in [2.05, 4.69) is 5.32 Å². The standard InChI is InChI=1S/C11H20N2O2/c1-13(10-3-6-15-7-4-10)11(14)9-2-5-12-8-9/h9-10,12H,2-8H2,1H3. The van der Waals surface area contributed by atoms with Gasteiger partial charge in [-0.1, -0.05) is 0 Å². The third-order valence-electron chi connectivity index (χ3n) is 3.50. The maximum absolute atomic E-state index is 12.1. The number of rotatable bonds is 2. The molecule has 4 nitrogen and oxygen atoms in total. The Bertz CT molecular complexity index is 221. The van der Waals surface area contributed by atoms with Crippen molar-refractivity contribution in [2.24, 2.45) is 5.92 Å². The molecule has 1 atom stereocenters. The predicted octanol–water partition coefficient (Wildman–Crippen LogP) is 0.233. The molecule has 86 valence electrons. The maximum Gasteiger partial charge on any atom is 0.227 e. The van der Waals surface area contributed by atoms with Gasteiger partial charge in [0.05, 0.1) is 5.92 Å². The van der Waals surface area contributed by atoms with Crippen LogP contribution in [0, 0.1) is 5.92 Å². The number of carbonyl (C=O) groups excluding carboxylic acids is 1. The smallest absolute Gasteiger partial charge is 0.227 e. The van der Waals surface area contributed by atoms with Gasteiger partial charge >= 0.3 is 0 Å². The van der Waals surface area contributed by atoms with Gasteiger partial charge in [-0.05, 0) is 25.8 Å². The molecule has 2 saturated heterocycles. The Morgan fingerprint density at radius 1 is 1.33 bits per heavy atom. The summed E-state index contributed by atoms with van der Waals surface area (Å²) in [6, 6.07) is 0.395. The normalized spacial score (nSPS) is 27.9. The van der Waals surface area contributed by atoms with Gasteiger partial charge in [0, 0.05) is 32.8 Å². The van der Waals surface area contributed by atoms with Gasteiger partial charge in [-0.2, -0.15) is 0 Å². The summed E-state index contributed by atoms with van der Waals surface area (Å²) < 4.78 is 5.30. The minimum Gasteiger partial charge on any atom is -0.381 e. The Morgan fingerprint density at radius 3 is 2.67 bits per heavy atom. The van der Waals surface area contributed by atoms with Crippen molar-refractivity contribution >= 4 is 5.91 Å². The highest BCUT2D eigenvalue weighted by molar-refractivity contribution is 5.79. The summed E-state index contributed by atoms with van der Waals surface area (Å²) in [7, 11) is 1.94. The van der Waals surface area contributed by atoms with Crippen molar-refractivity contribution in [3.05, 3.63) is 0 Å². The van der Waals surface area contributed by atoms with Gasteiger partial charge in [0.1, 0.15) is 0 Å². The van der Waals surface area contributed by atoms with Gasteiger partial charge < -0.3 is 15.0 Å². The third kappa shape index (κ3) is 2.49. The first-order valence-electron chi connectivity index (χ1n) is 5.84. The molecule has 0 aromatic carbocycles. The van der Waals surface area contributed by atoms with E-state index in [0.717, 1.165) is 45.6 Å². The van der Waals surface area contributed by atoms with Gasteiger partial charge in [0.15, 0.2) is 0 Å². The van der Waals surface area contributed by atoms with Gasteiger partial charge in [-0.15, -0.1) is 0 Å². The van der Waals surface area contributed by atoms with Crippen LogP contribution in [0.4, 0.5) is 0 Å². The fourth-order valence-electron chi connectivity index (χ4n) is 2.41. The topological polar surface area (TPSA) is 41.6 Å². The van der Waals surface area contributed by atoms with Crippen LogP contribution in [0.5, 0.6) is 0 Å². The highest BCUT2D eigenvalue weighted by Crippen LogP contribution is 2.17. The zero-order chi connectivity index (χ0) is 10.7. The van der Waals surface area contributed by atoms with Crippen LogP contribution >= 0.6 is 0 Å². The largest absolute Gasteiger partial charge is 0.381 e. The van der Waals surface area contributed by atoms with Crippen molar-refractivity contribution in [2.75, 3.05) is 33.4 Å². The quantitative estimate of drug-likeness (QED) is 0.712. The molecule has 0 saturated carbocycles. The molecule has 2 aliphatic rings. The summed E-state index contributed by atoms with van der Waals surface area (Å²) in [4.78, 5) is 14.0. The Balaban J connectivity index is 1.87. The van der Waals surface area contributed by atoms with Gasteiger partial charge in [-0.3, -0.25) is 4.79 Å². The number of hydrogen-bond donors (Lipinski definition) is 1. The molecule has 2 rings (SSSR count). The van der Waals surface area contributed by atoms with Crippen LogP contribution in [-0.4, -0.2) is 50.2 Å². The first-order valence-corrected chi connectivity index (χ1v) is 5.84. The zero-order valence-electron chi connectivity index (χ0n) is 9.37. The summed E-state index contributed by atoms with van der Waals surface area (Å²) in [6.45, 7) is 3.43. The van der Waals surface area contributed by atoms with Gasteiger partial charge in [-0.25, -0.2) is 0 Å². The zero-order valence-corrected chi connectivity index (χ0v) is 9.37. The highest BCUT2D eigenvalue weighted by atomic mass is 16.5. The number of nitrogens with one attached hydrogen (secondary N) is 1. The average molecular weight is 212 g/mol. The predicted molar refractivity (Wildman–Crippen MR) is 57.6 cm³/mol. The Labute approximate surface area is 91.0 Å². The molecule has 1 unspecified atom stereocenters. The Morgan fingerprint density at radius 2 is 2.07 bits per heavy atom. The lowest BCUT2D eigenvalue weighted by Gasteiger charge is -2.32. The summed E-state index contributed by atoms with van der Waals surface area (Å²) in [5.74, 6) is 0.518. The lowest BCUT2D eigenvalue weighted by molar-refractivity contribution is -0.137. The summed E-state index contributed by atoms with van der Waals surface area (Å²) in [5, 5.41) is 3.24. The Hall–Kier alpha value is -0.610. The van der Waals surface area contributed by atoms with Crippen LogP contribution in [0.25, 0.3) is 0 Å². The van der Waals surface area contributed by atoms with Gasteiger partial charge in [0.2, 0.25) is 5.91 Å². The van der Waals surface area contributed by atoms with E-state index in [4.69, 9.17) is 4.74 Å². The maximum atomic E-state index is 12.1. The number of ether oxygens (including phenoxy) is 1. The van der Waals surface area contributed by atoms with Crippen LogP contribution in [0.1, 0.15) is 19.3 Å².